The van der Waals surface area contributed by atoms with Crippen molar-refractivity contribution < 1.29 is 19.1 Å². The number of nitrogens with one attached hydrogen (secondary N) is 2. The summed E-state index contributed by atoms with van der Waals surface area (Å²) in [5, 5.41) is 6.79. The van der Waals surface area contributed by atoms with Crippen molar-refractivity contribution in [3.8, 4) is 0 Å². The number of carbonyl (C=O) groups is 3. The van der Waals surface area contributed by atoms with Crippen molar-refractivity contribution in [3.05, 3.63) is 76.8 Å². The fourth-order valence-corrected chi connectivity index (χ4v) is 7.77. The van der Waals surface area contributed by atoms with E-state index in [-0.39, 0.29) is 23.8 Å². The molecule has 4 aliphatic rings. The van der Waals surface area contributed by atoms with E-state index >= 15 is 0 Å². The van der Waals surface area contributed by atoms with Gasteiger partial charge in [0.15, 0.2) is 0 Å². The Morgan fingerprint density at radius 2 is 1.86 bits per heavy atom. The molecule has 1 spiro atoms. The van der Waals surface area contributed by atoms with E-state index < -0.39 is 29.6 Å². The van der Waals surface area contributed by atoms with Gasteiger partial charge >= 0.3 is 0 Å². The molecule has 2 aromatic rings. The molecule has 2 aromatic carbocycles. The molecular weight excluding hydrogens is 576 g/mol. The smallest absolute Gasteiger partial charge is 0.246 e. The average molecular weight is 619 g/mol. The van der Waals surface area contributed by atoms with Crippen LogP contribution >= 0.6 is 11.6 Å². The van der Waals surface area contributed by atoms with E-state index in [9.17, 15) is 14.4 Å². The van der Waals surface area contributed by atoms with Crippen LogP contribution in [0.4, 0.5) is 5.69 Å². The second-order valence-corrected chi connectivity index (χ2v) is 13.1. The Labute approximate surface area is 265 Å². The Kier molecular flexibility index (Phi) is 9.13. The number of anilines is 1. The first-order valence-corrected chi connectivity index (χ1v) is 16.5. The molecule has 234 valence electrons. The molecule has 5 atom stereocenters. The number of carbonyl (C=O) groups excluding carboxylic acids is 3. The number of benzene rings is 2. The van der Waals surface area contributed by atoms with Gasteiger partial charge in [0, 0.05) is 36.4 Å². The highest BCUT2D eigenvalue weighted by molar-refractivity contribution is 6.31. The summed E-state index contributed by atoms with van der Waals surface area (Å²) in [4.78, 5) is 46.2. The van der Waals surface area contributed by atoms with Crippen LogP contribution in [0.15, 0.2) is 60.7 Å². The van der Waals surface area contributed by atoms with Gasteiger partial charge in [0.2, 0.25) is 17.7 Å². The zero-order chi connectivity index (χ0) is 30.8. The maximum Gasteiger partial charge on any atom is 0.246 e. The lowest BCUT2D eigenvalue weighted by atomic mass is 9.74. The molecule has 1 aliphatic carbocycles. The van der Waals surface area contributed by atoms with Gasteiger partial charge in [0.05, 0.1) is 17.9 Å². The molecule has 8 nitrogen and oxygen atoms in total. The van der Waals surface area contributed by atoms with Gasteiger partial charge in [-0.15, -0.1) is 0 Å². The Morgan fingerprint density at radius 3 is 2.59 bits per heavy atom. The van der Waals surface area contributed by atoms with Crippen molar-refractivity contribution in [1.82, 2.24) is 15.1 Å². The molecule has 3 aliphatic heterocycles. The first-order chi connectivity index (χ1) is 21.3. The number of ether oxygens (including phenoxy) is 1. The van der Waals surface area contributed by atoms with Gasteiger partial charge in [-0.05, 0) is 56.0 Å². The zero-order valence-corrected chi connectivity index (χ0v) is 26.4. The predicted octanol–water partition coefficient (Wildman–Crippen LogP) is 5.10. The Bertz CT molecular complexity index is 1410. The summed E-state index contributed by atoms with van der Waals surface area (Å²) in [5.41, 5.74) is 1.55. The summed E-state index contributed by atoms with van der Waals surface area (Å²) in [5.74, 6) is -2.18. The van der Waals surface area contributed by atoms with Gasteiger partial charge in [0.25, 0.3) is 0 Å². The van der Waals surface area contributed by atoms with Crippen LogP contribution in [-0.2, 0) is 25.7 Å². The second-order valence-electron chi connectivity index (χ2n) is 12.7. The molecule has 2 bridgehead atoms. The number of hydrogen-bond donors (Lipinski definition) is 2. The lowest BCUT2D eigenvalue weighted by Gasteiger charge is -2.34. The molecule has 3 heterocycles. The molecule has 3 fully saturated rings. The van der Waals surface area contributed by atoms with Gasteiger partial charge < -0.3 is 20.3 Å². The molecule has 3 unspecified atom stereocenters. The number of nitrogens with zero attached hydrogens (tertiary/aromatic N) is 2. The van der Waals surface area contributed by atoms with E-state index in [0.717, 1.165) is 50.9 Å². The monoisotopic (exact) mass is 618 g/mol. The fourth-order valence-electron chi connectivity index (χ4n) is 7.59. The first kappa shape index (κ1) is 30.8. The standard InChI is InChI=1S/C35H43ClN4O4/c1-3-39(22-24-11-6-4-7-12-24)19-10-20-40-31(33(42)37-25-13-8-5-9-14-25)35-18-17-28(44-35)29(30(35)34(40)43)32(41)38-26-16-15-23(2)27(36)21-26/h4,6-7,11-12,15-18,21,25,28-31H,3,5,8-10,13-14,19-20,22H2,1-2H3,(H,37,42)(H,38,41)/t28-,29?,30-,31?,35?/m1/s1. The quantitative estimate of drug-likeness (QED) is 0.342. The molecule has 2 saturated heterocycles. The van der Waals surface area contributed by atoms with E-state index in [1.54, 1.807) is 17.0 Å². The van der Waals surface area contributed by atoms with Crippen molar-refractivity contribution >= 4 is 35.0 Å². The molecule has 1 saturated carbocycles. The minimum atomic E-state index is -1.16. The molecule has 0 aromatic heterocycles. The highest BCUT2D eigenvalue weighted by Gasteiger charge is 2.72. The van der Waals surface area contributed by atoms with Gasteiger partial charge in [-0.25, -0.2) is 0 Å². The van der Waals surface area contributed by atoms with Crippen molar-refractivity contribution in [2.24, 2.45) is 11.8 Å². The first-order valence-electron chi connectivity index (χ1n) is 16.1. The molecule has 2 N–H and O–H groups in total. The number of aryl methyl sites for hydroxylation is 1. The molecule has 9 heteroatoms. The van der Waals surface area contributed by atoms with E-state index in [4.69, 9.17) is 16.3 Å². The van der Waals surface area contributed by atoms with Crippen molar-refractivity contribution in [1.29, 1.82) is 0 Å². The van der Waals surface area contributed by atoms with Crippen molar-refractivity contribution in [3.63, 3.8) is 0 Å². The van der Waals surface area contributed by atoms with Crippen molar-refractivity contribution in [2.75, 3.05) is 25.0 Å². The van der Waals surface area contributed by atoms with E-state index in [1.807, 2.05) is 43.3 Å². The molecular formula is C35H43ClN4O4. The molecule has 44 heavy (non-hydrogen) atoms. The molecule has 3 amide bonds. The summed E-state index contributed by atoms with van der Waals surface area (Å²) in [6.07, 6.45) is 9.11. The van der Waals surface area contributed by atoms with Crippen LogP contribution in [0.25, 0.3) is 0 Å². The minimum Gasteiger partial charge on any atom is -0.359 e. The summed E-state index contributed by atoms with van der Waals surface area (Å²) >= 11 is 6.31. The van der Waals surface area contributed by atoms with Crippen LogP contribution in [0.3, 0.4) is 0 Å². The normalized spacial score (nSPS) is 27.6. The third kappa shape index (κ3) is 5.92. The average Bonchev–Trinajstić information content (AvgIpc) is 3.67. The van der Waals surface area contributed by atoms with Gasteiger partial charge in [-0.2, -0.15) is 0 Å². The maximum absolute atomic E-state index is 14.3. The number of halogens is 1. The number of hydrogen-bond acceptors (Lipinski definition) is 5. The lowest BCUT2D eigenvalue weighted by Crippen LogP contribution is -2.56. The third-order valence-electron chi connectivity index (χ3n) is 9.89. The topological polar surface area (TPSA) is 91.0 Å². The van der Waals surface area contributed by atoms with Gasteiger partial charge in [-0.1, -0.05) is 86.3 Å². The van der Waals surface area contributed by atoms with Crippen LogP contribution in [0.5, 0.6) is 0 Å². The SMILES string of the molecule is CCN(CCCN1C(=O)[C@H]2C(C(=O)Nc3ccc(C)c(Cl)c3)[C@H]3C=CC2(O3)C1C(=O)NC1CCCCC1)Cc1ccccc1. The summed E-state index contributed by atoms with van der Waals surface area (Å²) < 4.78 is 6.52. The van der Waals surface area contributed by atoms with Crippen LogP contribution in [0, 0.1) is 18.8 Å². The van der Waals surface area contributed by atoms with Crippen LogP contribution < -0.4 is 10.6 Å². The Hall–Kier alpha value is -3.20. The van der Waals surface area contributed by atoms with E-state index in [0.29, 0.717) is 23.7 Å². The highest BCUT2D eigenvalue weighted by Crippen LogP contribution is 2.55. The third-order valence-corrected chi connectivity index (χ3v) is 10.3. The highest BCUT2D eigenvalue weighted by atomic mass is 35.5. The predicted molar refractivity (Wildman–Crippen MR) is 171 cm³/mol. The minimum absolute atomic E-state index is 0.0954. The van der Waals surface area contributed by atoms with Crippen LogP contribution in [0.2, 0.25) is 5.02 Å². The number of fused-ring (bicyclic) bond motifs is 1. The number of rotatable bonds is 11. The maximum atomic E-state index is 14.3. The zero-order valence-electron chi connectivity index (χ0n) is 25.6. The summed E-state index contributed by atoms with van der Waals surface area (Å²) in [6, 6.07) is 15.0. The van der Waals surface area contributed by atoms with E-state index in [1.165, 1.54) is 12.0 Å². The Morgan fingerprint density at radius 1 is 1.09 bits per heavy atom. The lowest BCUT2D eigenvalue weighted by molar-refractivity contribution is -0.141. The molecule has 0 radical (unpaired) electrons. The van der Waals surface area contributed by atoms with E-state index in [2.05, 4.69) is 34.6 Å². The number of likely N-dealkylation sites (tertiary alicyclic amines) is 1. The van der Waals surface area contributed by atoms with Crippen molar-refractivity contribution in [2.45, 2.75) is 82.7 Å². The van der Waals surface area contributed by atoms with Gasteiger partial charge in [-0.3, -0.25) is 19.3 Å². The van der Waals surface area contributed by atoms with Gasteiger partial charge in [0.1, 0.15) is 11.6 Å². The molecule has 6 rings (SSSR count). The largest absolute Gasteiger partial charge is 0.359 e. The van der Waals surface area contributed by atoms with Crippen LogP contribution in [0.1, 0.15) is 56.6 Å². The second kappa shape index (κ2) is 13.0. The fraction of sp³-hybridized carbons (Fsp3) is 0.514. The Balaban J connectivity index is 1.22. The number of amides is 3. The summed E-state index contributed by atoms with van der Waals surface area (Å²) in [6.45, 7) is 6.92. The van der Waals surface area contributed by atoms with Crippen LogP contribution in [-0.4, -0.2) is 70.9 Å². The summed E-state index contributed by atoms with van der Waals surface area (Å²) in [7, 11) is 0.